The van der Waals surface area contributed by atoms with Crippen LogP contribution in [0.25, 0.3) is 0 Å². The Labute approximate surface area is 55.8 Å². The highest BCUT2D eigenvalue weighted by atomic mass is 16.5. The lowest BCUT2D eigenvalue weighted by Crippen LogP contribution is -2.29. The first kappa shape index (κ1) is 7.03. The Morgan fingerprint density at radius 3 is 2.67 bits per heavy atom. The summed E-state index contributed by atoms with van der Waals surface area (Å²) < 4.78 is 5.29. The highest BCUT2D eigenvalue weighted by Gasteiger charge is 2.17. The average molecular weight is 130 g/mol. The van der Waals surface area contributed by atoms with Crippen LogP contribution in [0.2, 0.25) is 0 Å². The van der Waals surface area contributed by atoms with Crippen molar-refractivity contribution in [3.63, 3.8) is 0 Å². The van der Waals surface area contributed by atoms with Gasteiger partial charge in [0.2, 0.25) is 0 Å². The second-order valence-corrected chi connectivity index (χ2v) is 2.65. The Morgan fingerprint density at radius 1 is 1.56 bits per heavy atom. The van der Waals surface area contributed by atoms with Crippen molar-refractivity contribution in [2.75, 3.05) is 6.61 Å². The number of ether oxygens (including phenoxy) is 1. The van der Waals surface area contributed by atoms with E-state index < -0.39 is 0 Å². The van der Waals surface area contributed by atoms with Gasteiger partial charge in [0, 0.05) is 6.61 Å². The fourth-order valence-electron chi connectivity index (χ4n) is 1.15. The summed E-state index contributed by atoms with van der Waals surface area (Å²) in [5, 5.41) is 9.05. The van der Waals surface area contributed by atoms with E-state index in [2.05, 4.69) is 0 Å². The van der Waals surface area contributed by atoms with E-state index in [0.29, 0.717) is 0 Å². The summed E-state index contributed by atoms with van der Waals surface area (Å²) in [4.78, 5) is 0. The molecular formula is C7H14O2. The highest BCUT2D eigenvalue weighted by molar-refractivity contribution is 4.67. The fourth-order valence-corrected chi connectivity index (χ4v) is 1.15. The molecule has 0 saturated carbocycles. The number of aliphatic hydroxyl groups is 1. The van der Waals surface area contributed by atoms with E-state index in [4.69, 9.17) is 9.84 Å². The van der Waals surface area contributed by atoms with E-state index in [0.717, 1.165) is 19.4 Å². The Bertz CT molecular complexity index is 75.0. The number of rotatable bonds is 1. The Balaban J connectivity index is 2.23. The van der Waals surface area contributed by atoms with E-state index in [1.165, 1.54) is 6.42 Å². The molecule has 1 aliphatic rings. The Morgan fingerprint density at radius 2 is 2.33 bits per heavy atom. The van der Waals surface area contributed by atoms with Crippen molar-refractivity contribution in [2.24, 2.45) is 0 Å². The minimum Gasteiger partial charge on any atom is -0.391 e. The van der Waals surface area contributed by atoms with Gasteiger partial charge < -0.3 is 9.84 Å². The summed E-state index contributed by atoms with van der Waals surface area (Å²) in [5.41, 5.74) is 0. The molecule has 1 rings (SSSR count). The van der Waals surface area contributed by atoms with E-state index in [1.54, 1.807) is 6.92 Å². The molecule has 0 aromatic heterocycles. The second-order valence-electron chi connectivity index (χ2n) is 2.65. The number of hydrogen-bond acceptors (Lipinski definition) is 2. The van der Waals surface area contributed by atoms with Crippen LogP contribution in [0.3, 0.4) is 0 Å². The maximum absolute atomic E-state index is 9.05. The van der Waals surface area contributed by atoms with E-state index in [1.807, 2.05) is 0 Å². The molecule has 1 saturated heterocycles. The van der Waals surface area contributed by atoms with E-state index >= 15 is 0 Å². The van der Waals surface area contributed by atoms with Crippen LogP contribution in [0.4, 0.5) is 0 Å². The van der Waals surface area contributed by atoms with Crippen LogP contribution >= 0.6 is 0 Å². The first-order chi connectivity index (χ1) is 4.30. The smallest absolute Gasteiger partial charge is 0.0831 e. The number of aliphatic hydroxyl groups excluding tert-OH is 1. The largest absolute Gasteiger partial charge is 0.391 e. The highest BCUT2D eigenvalue weighted by Crippen LogP contribution is 2.14. The first-order valence-corrected chi connectivity index (χ1v) is 3.60. The predicted octanol–water partition coefficient (Wildman–Crippen LogP) is 0.936. The van der Waals surface area contributed by atoms with Gasteiger partial charge in [0.25, 0.3) is 0 Å². The average Bonchev–Trinajstić information content (AvgIpc) is 1.90. The topological polar surface area (TPSA) is 29.5 Å². The van der Waals surface area contributed by atoms with Gasteiger partial charge in [-0.25, -0.2) is 0 Å². The van der Waals surface area contributed by atoms with Gasteiger partial charge in [-0.15, -0.1) is 0 Å². The van der Waals surface area contributed by atoms with Crippen molar-refractivity contribution in [3.8, 4) is 0 Å². The Kier molecular flexibility index (Phi) is 2.49. The lowest BCUT2D eigenvalue weighted by atomic mass is 10.1. The lowest BCUT2D eigenvalue weighted by Gasteiger charge is -2.24. The predicted molar refractivity (Wildman–Crippen MR) is 35.3 cm³/mol. The van der Waals surface area contributed by atoms with Gasteiger partial charge in [0.05, 0.1) is 12.2 Å². The van der Waals surface area contributed by atoms with Crippen LogP contribution in [-0.4, -0.2) is 23.9 Å². The molecule has 2 nitrogen and oxygen atoms in total. The molecule has 1 N–H and O–H groups in total. The van der Waals surface area contributed by atoms with Crippen LogP contribution < -0.4 is 0 Å². The van der Waals surface area contributed by atoms with Gasteiger partial charge in [0.15, 0.2) is 0 Å². The second kappa shape index (κ2) is 3.18. The van der Waals surface area contributed by atoms with Gasteiger partial charge >= 0.3 is 0 Å². The molecule has 2 heteroatoms. The molecule has 0 aromatic rings. The fraction of sp³-hybridized carbons (Fsp3) is 1.00. The zero-order valence-electron chi connectivity index (χ0n) is 5.84. The summed E-state index contributed by atoms with van der Waals surface area (Å²) in [5.74, 6) is 0. The van der Waals surface area contributed by atoms with Crippen molar-refractivity contribution in [1.82, 2.24) is 0 Å². The van der Waals surface area contributed by atoms with Crippen LogP contribution in [0, 0.1) is 0 Å². The molecular weight excluding hydrogens is 116 g/mol. The SMILES string of the molecule is C[C@@H](O)[C@H]1CCCCO1. The molecule has 0 spiro atoms. The first-order valence-electron chi connectivity index (χ1n) is 3.60. The molecule has 0 bridgehead atoms. The summed E-state index contributed by atoms with van der Waals surface area (Å²) in [6, 6.07) is 0. The lowest BCUT2D eigenvalue weighted by molar-refractivity contribution is -0.0544. The zero-order valence-corrected chi connectivity index (χ0v) is 5.84. The molecule has 0 aromatic carbocycles. The van der Waals surface area contributed by atoms with Crippen molar-refractivity contribution in [3.05, 3.63) is 0 Å². The van der Waals surface area contributed by atoms with Gasteiger partial charge in [0.1, 0.15) is 0 Å². The summed E-state index contributed by atoms with van der Waals surface area (Å²) in [7, 11) is 0. The minimum atomic E-state index is -0.287. The Hall–Kier alpha value is -0.0800. The molecule has 54 valence electrons. The molecule has 0 aliphatic carbocycles. The third-order valence-electron chi connectivity index (χ3n) is 1.75. The molecule has 1 heterocycles. The summed E-state index contributed by atoms with van der Waals surface area (Å²) in [6.07, 6.45) is 3.21. The van der Waals surface area contributed by atoms with Gasteiger partial charge in [-0.05, 0) is 26.2 Å². The van der Waals surface area contributed by atoms with Crippen molar-refractivity contribution in [1.29, 1.82) is 0 Å². The molecule has 0 radical (unpaired) electrons. The standard InChI is InChI=1S/C7H14O2/c1-6(8)7-4-2-3-5-9-7/h6-8H,2-5H2,1H3/t6-,7-/m1/s1. The van der Waals surface area contributed by atoms with E-state index in [-0.39, 0.29) is 12.2 Å². The summed E-state index contributed by atoms with van der Waals surface area (Å²) >= 11 is 0. The summed E-state index contributed by atoms with van der Waals surface area (Å²) in [6.45, 7) is 2.62. The molecule has 0 amide bonds. The van der Waals surface area contributed by atoms with Crippen molar-refractivity contribution in [2.45, 2.75) is 38.4 Å². The van der Waals surface area contributed by atoms with Crippen LogP contribution in [0.15, 0.2) is 0 Å². The molecule has 9 heavy (non-hydrogen) atoms. The van der Waals surface area contributed by atoms with Crippen LogP contribution in [0.5, 0.6) is 0 Å². The monoisotopic (exact) mass is 130 g/mol. The van der Waals surface area contributed by atoms with Gasteiger partial charge in [-0.2, -0.15) is 0 Å². The third-order valence-corrected chi connectivity index (χ3v) is 1.75. The van der Waals surface area contributed by atoms with Crippen LogP contribution in [0.1, 0.15) is 26.2 Å². The molecule has 2 atom stereocenters. The zero-order chi connectivity index (χ0) is 6.69. The quantitative estimate of drug-likeness (QED) is 0.572. The normalized spacial score (nSPS) is 32.0. The van der Waals surface area contributed by atoms with Gasteiger partial charge in [-0.1, -0.05) is 0 Å². The molecule has 1 aliphatic heterocycles. The molecule has 1 fully saturated rings. The maximum atomic E-state index is 9.05. The van der Waals surface area contributed by atoms with Crippen LogP contribution in [-0.2, 0) is 4.74 Å². The third kappa shape index (κ3) is 1.95. The van der Waals surface area contributed by atoms with Crippen molar-refractivity contribution < 1.29 is 9.84 Å². The number of hydrogen-bond donors (Lipinski definition) is 1. The molecule has 0 unspecified atom stereocenters. The maximum Gasteiger partial charge on any atom is 0.0831 e. The van der Waals surface area contributed by atoms with Crippen molar-refractivity contribution >= 4 is 0 Å². The minimum absolute atomic E-state index is 0.110. The van der Waals surface area contributed by atoms with E-state index in [9.17, 15) is 0 Å². The van der Waals surface area contributed by atoms with Gasteiger partial charge in [-0.3, -0.25) is 0 Å².